The SMILES string of the molecule is Cc1cccc(-c2ccc(Cl)c(Cl)c2Cl)c1F. The molecule has 0 amide bonds. The number of rotatable bonds is 1. The molecule has 0 bridgehead atoms. The van der Waals surface area contributed by atoms with Gasteiger partial charge in [0.1, 0.15) is 5.82 Å². The first-order valence-corrected chi connectivity index (χ1v) is 6.04. The third-order valence-electron chi connectivity index (χ3n) is 2.52. The van der Waals surface area contributed by atoms with Gasteiger partial charge in [0, 0.05) is 11.1 Å². The molecule has 0 N–H and O–H groups in total. The molecular weight excluding hydrogens is 282 g/mol. The number of halogens is 4. The molecule has 17 heavy (non-hydrogen) atoms. The van der Waals surface area contributed by atoms with Gasteiger partial charge in [0.15, 0.2) is 0 Å². The van der Waals surface area contributed by atoms with Crippen LogP contribution in [0.5, 0.6) is 0 Å². The number of hydrogen-bond acceptors (Lipinski definition) is 0. The average Bonchev–Trinajstić information content (AvgIpc) is 2.31. The minimum Gasteiger partial charge on any atom is -0.206 e. The van der Waals surface area contributed by atoms with Gasteiger partial charge in [0.25, 0.3) is 0 Å². The van der Waals surface area contributed by atoms with Gasteiger partial charge in [-0.15, -0.1) is 0 Å². The Hall–Kier alpha value is -0.760. The molecule has 0 heterocycles. The summed E-state index contributed by atoms with van der Waals surface area (Å²) in [6.45, 7) is 1.70. The van der Waals surface area contributed by atoms with Crippen molar-refractivity contribution in [1.82, 2.24) is 0 Å². The van der Waals surface area contributed by atoms with Crippen LogP contribution >= 0.6 is 34.8 Å². The zero-order valence-corrected chi connectivity index (χ0v) is 11.2. The molecule has 2 rings (SSSR count). The first kappa shape index (κ1) is 12.7. The van der Waals surface area contributed by atoms with Crippen molar-refractivity contribution >= 4 is 34.8 Å². The summed E-state index contributed by atoms with van der Waals surface area (Å²) in [4.78, 5) is 0. The van der Waals surface area contributed by atoms with E-state index in [1.807, 2.05) is 0 Å². The monoisotopic (exact) mass is 288 g/mol. The maximum Gasteiger partial charge on any atom is 0.133 e. The lowest BCUT2D eigenvalue weighted by atomic mass is 10.0. The van der Waals surface area contributed by atoms with Crippen molar-refractivity contribution in [3.05, 3.63) is 56.8 Å². The molecule has 0 nitrogen and oxygen atoms in total. The zero-order chi connectivity index (χ0) is 12.6. The third kappa shape index (κ3) is 2.28. The van der Waals surface area contributed by atoms with Crippen LogP contribution in [0, 0.1) is 12.7 Å². The van der Waals surface area contributed by atoms with Gasteiger partial charge in [0.2, 0.25) is 0 Å². The molecule has 0 aromatic heterocycles. The predicted molar refractivity (Wildman–Crippen MR) is 71.6 cm³/mol. The van der Waals surface area contributed by atoms with E-state index >= 15 is 0 Å². The van der Waals surface area contributed by atoms with Crippen molar-refractivity contribution in [2.45, 2.75) is 6.92 Å². The minimum atomic E-state index is -0.298. The van der Waals surface area contributed by atoms with Crippen LogP contribution in [-0.4, -0.2) is 0 Å². The standard InChI is InChI=1S/C13H8Cl3F/c1-7-3-2-4-9(13(7)17)8-5-6-10(14)12(16)11(8)15/h2-6H,1H3. The number of aryl methyl sites for hydroxylation is 1. The highest BCUT2D eigenvalue weighted by molar-refractivity contribution is 6.49. The largest absolute Gasteiger partial charge is 0.206 e. The Labute approximate surface area is 114 Å². The van der Waals surface area contributed by atoms with E-state index in [2.05, 4.69) is 0 Å². The maximum absolute atomic E-state index is 14.0. The summed E-state index contributed by atoms with van der Waals surface area (Å²) >= 11 is 17.8. The first-order valence-electron chi connectivity index (χ1n) is 4.91. The maximum atomic E-state index is 14.0. The van der Waals surface area contributed by atoms with E-state index in [-0.39, 0.29) is 15.9 Å². The molecule has 0 fully saturated rings. The molecule has 0 aliphatic rings. The highest BCUT2D eigenvalue weighted by Gasteiger charge is 2.14. The van der Waals surface area contributed by atoms with Gasteiger partial charge in [-0.3, -0.25) is 0 Å². The quantitative estimate of drug-likeness (QED) is 0.585. The van der Waals surface area contributed by atoms with Crippen LogP contribution in [0.3, 0.4) is 0 Å². The Morgan fingerprint density at radius 1 is 0.882 bits per heavy atom. The molecule has 4 heteroatoms. The average molecular weight is 290 g/mol. The third-order valence-corrected chi connectivity index (χ3v) is 3.81. The topological polar surface area (TPSA) is 0 Å². The highest BCUT2D eigenvalue weighted by Crippen LogP contribution is 2.39. The van der Waals surface area contributed by atoms with Gasteiger partial charge >= 0.3 is 0 Å². The lowest BCUT2D eigenvalue weighted by Gasteiger charge is -2.09. The first-order chi connectivity index (χ1) is 8.02. The van der Waals surface area contributed by atoms with Crippen molar-refractivity contribution < 1.29 is 4.39 Å². The molecule has 0 saturated carbocycles. The van der Waals surface area contributed by atoms with Gasteiger partial charge in [-0.1, -0.05) is 59.1 Å². The van der Waals surface area contributed by atoms with E-state index in [0.717, 1.165) is 0 Å². The molecule has 88 valence electrons. The summed E-state index contributed by atoms with van der Waals surface area (Å²) in [6.07, 6.45) is 0. The van der Waals surface area contributed by atoms with E-state index in [0.29, 0.717) is 21.7 Å². The Bertz CT molecular complexity index is 579. The van der Waals surface area contributed by atoms with Gasteiger partial charge in [-0.25, -0.2) is 4.39 Å². The molecule has 0 aliphatic carbocycles. The fourth-order valence-corrected chi connectivity index (χ4v) is 2.23. The second kappa shape index (κ2) is 4.85. The summed E-state index contributed by atoms with van der Waals surface area (Å²) in [5.41, 5.74) is 1.53. The summed E-state index contributed by atoms with van der Waals surface area (Å²) in [6, 6.07) is 8.39. The van der Waals surface area contributed by atoms with E-state index in [4.69, 9.17) is 34.8 Å². The summed E-state index contributed by atoms with van der Waals surface area (Å²) in [7, 11) is 0. The second-order valence-corrected chi connectivity index (χ2v) is 4.82. The molecule has 0 atom stereocenters. The molecule has 2 aromatic carbocycles. The summed E-state index contributed by atoms with van der Waals surface area (Å²) in [5.74, 6) is -0.298. The van der Waals surface area contributed by atoms with Gasteiger partial charge in [0.05, 0.1) is 15.1 Å². The number of hydrogen-bond donors (Lipinski definition) is 0. The lowest BCUT2D eigenvalue weighted by Crippen LogP contribution is -1.89. The normalized spacial score (nSPS) is 10.6. The van der Waals surface area contributed by atoms with Crippen LogP contribution in [0.2, 0.25) is 15.1 Å². The van der Waals surface area contributed by atoms with Gasteiger partial charge < -0.3 is 0 Å². The van der Waals surface area contributed by atoms with Crippen LogP contribution in [0.15, 0.2) is 30.3 Å². The predicted octanol–water partition coefficient (Wildman–Crippen LogP) is 5.76. The van der Waals surface area contributed by atoms with Gasteiger partial charge in [-0.05, 0) is 18.6 Å². The summed E-state index contributed by atoms with van der Waals surface area (Å²) in [5, 5.41) is 0.865. The Morgan fingerprint density at radius 2 is 1.59 bits per heavy atom. The van der Waals surface area contributed by atoms with Crippen molar-refractivity contribution in [1.29, 1.82) is 0 Å². The molecule has 0 saturated heterocycles. The smallest absolute Gasteiger partial charge is 0.133 e. The van der Waals surface area contributed by atoms with E-state index < -0.39 is 0 Å². The molecule has 0 unspecified atom stereocenters. The zero-order valence-electron chi connectivity index (χ0n) is 8.90. The molecule has 0 aliphatic heterocycles. The Balaban J connectivity index is 2.69. The van der Waals surface area contributed by atoms with Crippen molar-refractivity contribution in [2.24, 2.45) is 0 Å². The Kier molecular flexibility index (Phi) is 3.62. The molecule has 2 aromatic rings. The lowest BCUT2D eigenvalue weighted by molar-refractivity contribution is 0.622. The van der Waals surface area contributed by atoms with Crippen LogP contribution < -0.4 is 0 Å². The Morgan fingerprint density at radius 3 is 2.29 bits per heavy atom. The summed E-state index contributed by atoms with van der Waals surface area (Å²) < 4.78 is 14.0. The van der Waals surface area contributed by atoms with Crippen LogP contribution in [0.4, 0.5) is 4.39 Å². The van der Waals surface area contributed by atoms with Crippen molar-refractivity contribution in [3.8, 4) is 11.1 Å². The molecule has 0 radical (unpaired) electrons. The van der Waals surface area contributed by atoms with E-state index in [1.165, 1.54) is 0 Å². The van der Waals surface area contributed by atoms with Crippen LogP contribution in [-0.2, 0) is 0 Å². The fourth-order valence-electron chi connectivity index (χ4n) is 1.59. The minimum absolute atomic E-state index is 0.242. The molecular formula is C13H8Cl3F. The number of benzene rings is 2. The van der Waals surface area contributed by atoms with E-state index in [1.54, 1.807) is 37.3 Å². The highest BCUT2D eigenvalue weighted by atomic mass is 35.5. The van der Waals surface area contributed by atoms with Gasteiger partial charge in [-0.2, -0.15) is 0 Å². The second-order valence-electron chi connectivity index (χ2n) is 3.66. The van der Waals surface area contributed by atoms with Crippen LogP contribution in [0.25, 0.3) is 11.1 Å². The molecule has 0 spiro atoms. The van der Waals surface area contributed by atoms with Crippen LogP contribution in [0.1, 0.15) is 5.56 Å². The van der Waals surface area contributed by atoms with Crippen molar-refractivity contribution in [2.75, 3.05) is 0 Å². The van der Waals surface area contributed by atoms with E-state index in [9.17, 15) is 4.39 Å². The van der Waals surface area contributed by atoms with Crippen molar-refractivity contribution in [3.63, 3.8) is 0 Å². The fraction of sp³-hybridized carbons (Fsp3) is 0.0769.